The van der Waals surface area contributed by atoms with Crippen LogP contribution in [-0.2, 0) is 24.2 Å². The highest BCUT2D eigenvalue weighted by Crippen LogP contribution is 2.24. The molecule has 1 aromatic rings. The van der Waals surface area contributed by atoms with E-state index >= 15 is 0 Å². The fraction of sp³-hybridized carbons (Fsp3) is 0.467. The molecule has 0 radical (unpaired) electrons. The summed E-state index contributed by atoms with van der Waals surface area (Å²) < 4.78 is 28.5. The van der Waals surface area contributed by atoms with Gasteiger partial charge in [-0.05, 0) is 24.1 Å². The minimum Gasteiger partial charge on any atom is -0.469 e. The highest BCUT2D eigenvalue weighted by molar-refractivity contribution is 9.10. The number of carbonyl (C=O) groups is 2. The maximum Gasteiger partial charge on any atom is 0.307 e. The van der Waals surface area contributed by atoms with Gasteiger partial charge in [-0.15, -0.1) is 0 Å². The Balaban J connectivity index is 2.14. The van der Waals surface area contributed by atoms with Gasteiger partial charge < -0.3 is 10.1 Å². The number of rotatable bonds is 5. The second-order valence-electron chi connectivity index (χ2n) is 5.50. The predicted octanol–water partition coefficient (Wildman–Crippen LogP) is 1.60. The third-order valence-electron chi connectivity index (χ3n) is 3.77. The molecule has 0 bridgehead atoms. The molecule has 1 aliphatic heterocycles. The molecule has 0 spiro atoms. The van der Waals surface area contributed by atoms with Crippen LogP contribution in [0.25, 0.3) is 0 Å². The number of ether oxygens (including phenoxy) is 1. The SMILES string of the molecule is COC(=O)CC(NC(=O)C1CCS(=O)(=O)C1)c1cccc(Br)c1. The lowest BCUT2D eigenvalue weighted by Crippen LogP contribution is -2.35. The number of halogens is 1. The van der Waals surface area contributed by atoms with Crippen LogP contribution < -0.4 is 5.32 Å². The summed E-state index contributed by atoms with van der Waals surface area (Å²) in [5.74, 6) is -1.46. The summed E-state index contributed by atoms with van der Waals surface area (Å²) in [6.45, 7) is 0. The van der Waals surface area contributed by atoms with Gasteiger partial charge in [-0.25, -0.2) is 8.42 Å². The van der Waals surface area contributed by atoms with Gasteiger partial charge in [0.1, 0.15) is 0 Å². The second kappa shape index (κ2) is 7.44. The molecule has 2 rings (SSSR count). The standard InChI is InChI=1S/C15H18BrNO5S/c1-22-14(18)8-13(10-3-2-4-12(16)7-10)17-15(19)11-5-6-23(20,21)9-11/h2-4,7,11,13H,5-6,8-9H2,1H3,(H,17,19). The van der Waals surface area contributed by atoms with E-state index in [9.17, 15) is 18.0 Å². The molecule has 1 fully saturated rings. The normalized spacial score (nSPS) is 20.7. The molecule has 0 aliphatic carbocycles. The Morgan fingerprint density at radius 3 is 2.74 bits per heavy atom. The summed E-state index contributed by atoms with van der Waals surface area (Å²) in [5.41, 5.74) is 0.749. The van der Waals surface area contributed by atoms with Crippen molar-refractivity contribution in [2.24, 2.45) is 5.92 Å². The van der Waals surface area contributed by atoms with Crippen molar-refractivity contribution in [1.82, 2.24) is 5.32 Å². The summed E-state index contributed by atoms with van der Waals surface area (Å²) in [7, 11) is -1.85. The molecule has 1 heterocycles. The molecule has 23 heavy (non-hydrogen) atoms. The molecule has 2 atom stereocenters. The molecule has 0 saturated carbocycles. The van der Waals surface area contributed by atoms with Gasteiger partial charge in [-0.2, -0.15) is 0 Å². The van der Waals surface area contributed by atoms with Crippen molar-refractivity contribution in [3.63, 3.8) is 0 Å². The van der Waals surface area contributed by atoms with Crippen molar-refractivity contribution in [2.75, 3.05) is 18.6 Å². The van der Waals surface area contributed by atoms with Crippen molar-refractivity contribution >= 4 is 37.6 Å². The van der Waals surface area contributed by atoms with Gasteiger partial charge >= 0.3 is 5.97 Å². The lowest BCUT2D eigenvalue weighted by Gasteiger charge is -2.20. The topological polar surface area (TPSA) is 89.5 Å². The quantitative estimate of drug-likeness (QED) is 0.754. The van der Waals surface area contributed by atoms with Gasteiger partial charge in [-0.1, -0.05) is 28.1 Å². The van der Waals surface area contributed by atoms with Crippen LogP contribution in [-0.4, -0.2) is 38.9 Å². The Hall–Kier alpha value is -1.41. The van der Waals surface area contributed by atoms with Crippen molar-refractivity contribution in [2.45, 2.75) is 18.9 Å². The van der Waals surface area contributed by atoms with E-state index in [1.54, 1.807) is 18.2 Å². The molecule has 1 aromatic carbocycles. The van der Waals surface area contributed by atoms with E-state index in [1.165, 1.54) is 7.11 Å². The van der Waals surface area contributed by atoms with Gasteiger partial charge in [0, 0.05) is 4.47 Å². The minimum absolute atomic E-state index is 0.0157. The highest BCUT2D eigenvalue weighted by atomic mass is 79.9. The number of esters is 1. The molecule has 2 unspecified atom stereocenters. The first-order valence-electron chi connectivity index (χ1n) is 7.14. The zero-order valence-electron chi connectivity index (χ0n) is 12.6. The largest absolute Gasteiger partial charge is 0.469 e. The number of amides is 1. The predicted molar refractivity (Wildman–Crippen MR) is 88.4 cm³/mol. The maximum atomic E-state index is 12.3. The number of hydrogen-bond acceptors (Lipinski definition) is 5. The number of sulfone groups is 1. The van der Waals surface area contributed by atoms with E-state index in [-0.39, 0.29) is 23.8 Å². The van der Waals surface area contributed by atoms with Crippen LogP contribution in [0.15, 0.2) is 28.7 Å². The van der Waals surface area contributed by atoms with Crippen LogP contribution in [0.2, 0.25) is 0 Å². The molecule has 8 heteroatoms. The summed E-state index contributed by atoms with van der Waals surface area (Å²) in [6, 6.07) is 6.68. The highest BCUT2D eigenvalue weighted by Gasteiger charge is 2.34. The number of methoxy groups -OCH3 is 1. The molecular formula is C15H18BrNO5S. The van der Waals surface area contributed by atoms with E-state index in [0.29, 0.717) is 6.42 Å². The summed E-state index contributed by atoms with van der Waals surface area (Å²) in [6.07, 6.45) is 0.301. The van der Waals surface area contributed by atoms with Gasteiger partial charge in [-0.3, -0.25) is 9.59 Å². The zero-order valence-corrected chi connectivity index (χ0v) is 15.0. The molecule has 1 amide bonds. The molecule has 1 N–H and O–H groups in total. The van der Waals surface area contributed by atoms with Crippen LogP contribution in [0.1, 0.15) is 24.4 Å². The third kappa shape index (κ3) is 5.04. The van der Waals surface area contributed by atoms with Crippen molar-refractivity contribution in [3.05, 3.63) is 34.3 Å². The molecule has 0 aromatic heterocycles. The molecule has 1 aliphatic rings. The summed E-state index contributed by atoms with van der Waals surface area (Å²) in [5, 5.41) is 2.78. The Bertz CT molecular complexity index is 704. The van der Waals surface area contributed by atoms with Crippen molar-refractivity contribution in [1.29, 1.82) is 0 Å². The first-order valence-corrected chi connectivity index (χ1v) is 9.75. The van der Waals surface area contributed by atoms with Crippen LogP contribution in [0.5, 0.6) is 0 Å². The van der Waals surface area contributed by atoms with E-state index in [2.05, 4.69) is 26.0 Å². The maximum absolute atomic E-state index is 12.3. The number of nitrogens with one attached hydrogen (secondary N) is 1. The Kier molecular flexibility index (Phi) is 5.80. The third-order valence-corrected chi connectivity index (χ3v) is 6.03. The monoisotopic (exact) mass is 403 g/mol. The lowest BCUT2D eigenvalue weighted by atomic mass is 10.0. The molecular weight excluding hydrogens is 386 g/mol. The van der Waals surface area contributed by atoms with E-state index in [0.717, 1.165) is 10.0 Å². The average molecular weight is 404 g/mol. The average Bonchev–Trinajstić information content (AvgIpc) is 2.86. The Morgan fingerprint density at radius 1 is 1.43 bits per heavy atom. The minimum atomic E-state index is -3.14. The van der Waals surface area contributed by atoms with Crippen molar-refractivity contribution < 1.29 is 22.7 Å². The molecule has 126 valence electrons. The number of benzene rings is 1. The molecule has 6 nitrogen and oxygen atoms in total. The number of hydrogen-bond donors (Lipinski definition) is 1. The lowest BCUT2D eigenvalue weighted by molar-refractivity contribution is -0.141. The molecule has 1 saturated heterocycles. The summed E-state index contributed by atoms with van der Waals surface area (Å²) in [4.78, 5) is 23.9. The van der Waals surface area contributed by atoms with E-state index in [4.69, 9.17) is 0 Å². The van der Waals surface area contributed by atoms with Crippen molar-refractivity contribution in [3.8, 4) is 0 Å². The second-order valence-corrected chi connectivity index (χ2v) is 8.64. The first kappa shape index (κ1) is 17.9. The Morgan fingerprint density at radius 2 is 2.17 bits per heavy atom. The zero-order chi connectivity index (χ0) is 17.0. The van der Waals surface area contributed by atoms with E-state index in [1.807, 2.05) is 6.07 Å². The fourth-order valence-electron chi connectivity index (χ4n) is 2.52. The van der Waals surface area contributed by atoms with Crippen LogP contribution in [0, 0.1) is 5.92 Å². The van der Waals surface area contributed by atoms with Gasteiger partial charge in [0.25, 0.3) is 0 Å². The van der Waals surface area contributed by atoms with E-state index < -0.39 is 27.8 Å². The van der Waals surface area contributed by atoms with Gasteiger partial charge in [0.05, 0.1) is 37.0 Å². The first-order chi connectivity index (χ1) is 10.8. The van der Waals surface area contributed by atoms with Gasteiger partial charge in [0.2, 0.25) is 5.91 Å². The van der Waals surface area contributed by atoms with Crippen LogP contribution >= 0.6 is 15.9 Å². The smallest absolute Gasteiger partial charge is 0.307 e. The van der Waals surface area contributed by atoms with Gasteiger partial charge in [0.15, 0.2) is 9.84 Å². The fourth-order valence-corrected chi connectivity index (χ4v) is 4.68. The Labute approximate surface area is 143 Å². The van der Waals surface area contributed by atoms with Crippen LogP contribution in [0.3, 0.4) is 0 Å². The number of carbonyl (C=O) groups excluding carboxylic acids is 2. The van der Waals surface area contributed by atoms with Crippen LogP contribution in [0.4, 0.5) is 0 Å². The summed E-state index contributed by atoms with van der Waals surface area (Å²) >= 11 is 3.35.